The van der Waals surface area contributed by atoms with E-state index in [0.29, 0.717) is 25.7 Å². The van der Waals surface area contributed by atoms with Crippen molar-refractivity contribution < 1.29 is 8.42 Å². The molecule has 0 unspecified atom stereocenters. The van der Waals surface area contributed by atoms with Gasteiger partial charge < -0.3 is 4.90 Å². The Hall–Kier alpha value is -0.170. The fourth-order valence-electron chi connectivity index (χ4n) is 2.25. The Balaban J connectivity index is 1.72. The Kier molecular flexibility index (Phi) is 4.41. The Morgan fingerprint density at radius 1 is 1.24 bits per heavy atom. The molecule has 2 aliphatic rings. The van der Waals surface area contributed by atoms with Crippen LogP contribution in [0.3, 0.4) is 0 Å². The third-order valence-corrected chi connectivity index (χ3v) is 5.19. The number of likely N-dealkylation sites (N-methyl/N-ethyl adjacent to an activating group) is 1. The maximum atomic E-state index is 11.9. The zero-order valence-corrected chi connectivity index (χ0v) is 11.4. The van der Waals surface area contributed by atoms with Crippen molar-refractivity contribution in [1.82, 2.24) is 13.9 Å². The third-order valence-electron chi connectivity index (χ3n) is 3.57. The molecule has 0 amide bonds. The molecule has 1 aliphatic heterocycles. The van der Waals surface area contributed by atoms with Crippen molar-refractivity contribution in [2.24, 2.45) is 0 Å². The first-order valence-electron chi connectivity index (χ1n) is 6.54. The molecule has 0 aromatic rings. The van der Waals surface area contributed by atoms with Gasteiger partial charge in [0, 0.05) is 32.2 Å². The van der Waals surface area contributed by atoms with Gasteiger partial charge in [-0.2, -0.15) is 12.7 Å². The summed E-state index contributed by atoms with van der Waals surface area (Å²) in [6.07, 6.45) is 5.65. The molecular weight excluding hydrogens is 238 g/mol. The van der Waals surface area contributed by atoms with Gasteiger partial charge in [-0.3, -0.25) is 0 Å². The van der Waals surface area contributed by atoms with Gasteiger partial charge >= 0.3 is 0 Å². The third kappa shape index (κ3) is 3.91. The molecular formula is C11H23N3O2S. The second-order valence-corrected chi connectivity index (χ2v) is 6.83. The first-order valence-corrected chi connectivity index (χ1v) is 7.98. The summed E-state index contributed by atoms with van der Waals surface area (Å²) in [6, 6.07) is 0.689. The molecule has 2 rings (SSSR count). The van der Waals surface area contributed by atoms with Crippen molar-refractivity contribution in [2.75, 3.05) is 33.2 Å². The minimum absolute atomic E-state index is 0.520. The molecule has 1 N–H and O–H groups in total. The fraction of sp³-hybridized carbons (Fsp3) is 1.00. The molecule has 100 valence electrons. The molecule has 0 spiro atoms. The van der Waals surface area contributed by atoms with Crippen LogP contribution in [-0.2, 0) is 10.2 Å². The van der Waals surface area contributed by atoms with Gasteiger partial charge in [0.25, 0.3) is 10.2 Å². The lowest BCUT2D eigenvalue weighted by Crippen LogP contribution is -2.45. The topological polar surface area (TPSA) is 52.7 Å². The van der Waals surface area contributed by atoms with Gasteiger partial charge in [-0.05, 0) is 32.7 Å². The lowest BCUT2D eigenvalue weighted by Gasteiger charge is -2.26. The number of piperidine rings is 1. The molecule has 0 atom stereocenters. The van der Waals surface area contributed by atoms with Crippen LogP contribution in [0.25, 0.3) is 0 Å². The number of nitrogens with zero attached hydrogens (tertiary/aromatic N) is 2. The standard InChI is InChI=1S/C11H23N3O2S/c1-13(11-5-6-11)10-7-12-17(15,16)14-8-3-2-4-9-14/h11-12H,2-10H2,1H3. The Bertz CT molecular complexity index is 335. The maximum absolute atomic E-state index is 11.9. The van der Waals surface area contributed by atoms with E-state index in [0.717, 1.165) is 25.8 Å². The zero-order chi connectivity index (χ0) is 12.3. The summed E-state index contributed by atoms with van der Waals surface area (Å²) in [5, 5.41) is 0. The SMILES string of the molecule is CN(CCNS(=O)(=O)N1CCCCC1)C1CC1. The van der Waals surface area contributed by atoms with E-state index in [4.69, 9.17) is 0 Å². The van der Waals surface area contributed by atoms with Gasteiger partial charge in [-0.1, -0.05) is 6.42 Å². The quantitative estimate of drug-likeness (QED) is 0.753. The smallest absolute Gasteiger partial charge is 0.279 e. The molecule has 6 heteroatoms. The molecule has 0 radical (unpaired) electrons. The lowest BCUT2D eigenvalue weighted by atomic mass is 10.2. The Labute approximate surface area is 104 Å². The second-order valence-electron chi connectivity index (χ2n) is 5.07. The molecule has 2 fully saturated rings. The number of rotatable bonds is 6. The summed E-state index contributed by atoms with van der Waals surface area (Å²) < 4.78 is 28.2. The van der Waals surface area contributed by atoms with Crippen molar-refractivity contribution in [3.05, 3.63) is 0 Å². The summed E-state index contributed by atoms with van der Waals surface area (Å²) in [5.74, 6) is 0. The minimum Gasteiger partial charge on any atom is -0.302 e. The number of hydrogen-bond donors (Lipinski definition) is 1. The number of hydrogen-bond acceptors (Lipinski definition) is 3. The van der Waals surface area contributed by atoms with Crippen LogP contribution in [0.5, 0.6) is 0 Å². The van der Waals surface area contributed by atoms with Crippen LogP contribution in [0, 0.1) is 0 Å². The van der Waals surface area contributed by atoms with Crippen molar-refractivity contribution in [1.29, 1.82) is 0 Å². The highest BCUT2D eigenvalue weighted by molar-refractivity contribution is 7.87. The van der Waals surface area contributed by atoms with E-state index in [9.17, 15) is 8.42 Å². The van der Waals surface area contributed by atoms with E-state index in [-0.39, 0.29) is 0 Å². The summed E-state index contributed by atoms with van der Waals surface area (Å²) in [4.78, 5) is 2.23. The van der Waals surface area contributed by atoms with E-state index in [1.165, 1.54) is 12.8 Å². The minimum atomic E-state index is -3.23. The highest BCUT2D eigenvalue weighted by Crippen LogP contribution is 2.24. The van der Waals surface area contributed by atoms with Crippen molar-refractivity contribution in [3.8, 4) is 0 Å². The zero-order valence-electron chi connectivity index (χ0n) is 10.6. The average Bonchev–Trinajstić information content (AvgIpc) is 3.14. The lowest BCUT2D eigenvalue weighted by molar-refractivity contribution is 0.319. The van der Waals surface area contributed by atoms with Crippen LogP contribution in [0.4, 0.5) is 0 Å². The summed E-state index contributed by atoms with van der Waals surface area (Å²) in [7, 11) is -1.17. The van der Waals surface area contributed by atoms with Crippen LogP contribution >= 0.6 is 0 Å². The average molecular weight is 261 g/mol. The molecule has 5 nitrogen and oxygen atoms in total. The highest BCUT2D eigenvalue weighted by Gasteiger charge is 2.27. The largest absolute Gasteiger partial charge is 0.302 e. The highest BCUT2D eigenvalue weighted by atomic mass is 32.2. The predicted octanol–water partition coefficient (Wildman–Crippen LogP) is 0.401. The van der Waals surface area contributed by atoms with Gasteiger partial charge in [0.1, 0.15) is 0 Å². The van der Waals surface area contributed by atoms with Crippen LogP contribution in [-0.4, -0.2) is 56.9 Å². The maximum Gasteiger partial charge on any atom is 0.279 e. The van der Waals surface area contributed by atoms with Crippen molar-refractivity contribution in [3.63, 3.8) is 0 Å². The normalized spacial score (nSPS) is 23.2. The van der Waals surface area contributed by atoms with Crippen molar-refractivity contribution >= 4 is 10.2 Å². The van der Waals surface area contributed by atoms with Gasteiger partial charge in [0.05, 0.1) is 0 Å². The van der Waals surface area contributed by atoms with E-state index in [1.807, 2.05) is 0 Å². The van der Waals surface area contributed by atoms with Crippen LogP contribution in [0.15, 0.2) is 0 Å². The first kappa shape index (κ1) is 13.3. The van der Waals surface area contributed by atoms with Crippen molar-refractivity contribution in [2.45, 2.75) is 38.1 Å². The summed E-state index contributed by atoms with van der Waals surface area (Å²) >= 11 is 0. The Morgan fingerprint density at radius 2 is 1.88 bits per heavy atom. The van der Waals surface area contributed by atoms with Gasteiger partial charge in [-0.25, -0.2) is 4.72 Å². The molecule has 1 heterocycles. The van der Waals surface area contributed by atoms with Crippen LogP contribution in [0.2, 0.25) is 0 Å². The molecule has 0 aromatic heterocycles. The van der Waals surface area contributed by atoms with Crippen LogP contribution in [0.1, 0.15) is 32.1 Å². The van der Waals surface area contributed by atoms with E-state index in [1.54, 1.807) is 4.31 Å². The molecule has 0 aromatic carbocycles. The summed E-state index contributed by atoms with van der Waals surface area (Å²) in [5.41, 5.74) is 0. The van der Waals surface area contributed by atoms with E-state index in [2.05, 4.69) is 16.7 Å². The van der Waals surface area contributed by atoms with Gasteiger partial charge in [-0.15, -0.1) is 0 Å². The monoisotopic (exact) mass is 261 g/mol. The summed E-state index contributed by atoms with van der Waals surface area (Å²) in [6.45, 7) is 2.67. The molecule has 1 saturated carbocycles. The van der Waals surface area contributed by atoms with E-state index >= 15 is 0 Å². The second kappa shape index (κ2) is 5.65. The van der Waals surface area contributed by atoms with Crippen LogP contribution < -0.4 is 4.72 Å². The van der Waals surface area contributed by atoms with Gasteiger partial charge in [0.2, 0.25) is 0 Å². The Morgan fingerprint density at radius 3 is 2.47 bits per heavy atom. The van der Waals surface area contributed by atoms with E-state index < -0.39 is 10.2 Å². The molecule has 17 heavy (non-hydrogen) atoms. The molecule has 1 saturated heterocycles. The first-order chi connectivity index (χ1) is 8.09. The number of nitrogens with one attached hydrogen (secondary N) is 1. The molecule has 0 bridgehead atoms. The fourth-order valence-corrected chi connectivity index (χ4v) is 3.52. The van der Waals surface area contributed by atoms with Gasteiger partial charge in [0.15, 0.2) is 0 Å². The molecule has 1 aliphatic carbocycles. The predicted molar refractivity (Wildman–Crippen MR) is 68.0 cm³/mol.